The molecule has 86 valence electrons. The number of nitrogens with one attached hydrogen (secondary N) is 1. The van der Waals surface area contributed by atoms with Crippen molar-refractivity contribution in [2.24, 2.45) is 0 Å². The van der Waals surface area contributed by atoms with Gasteiger partial charge in [-0.3, -0.25) is 0 Å². The third kappa shape index (κ3) is 2.02. The van der Waals surface area contributed by atoms with Crippen molar-refractivity contribution < 1.29 is 0 Å². The van der Waals surface area contributed by atoms with E-state index in [0.717, 1.165) is 0 Å². The lowest BCUT2D eigenvalue weighted by Crippen LogP contribution is -2.16. The number of thiophene rings is 2. The van der Waals surface area contributed by atoms with Crippen LogP contribution in [0.4, 0.5) is 0 Å². The van der Waals surface area contributed by atoms with Crippen LogP contribution in [-0.2, 0) is 0 Å². The van der Waals surface area contributed by atoms with Crippen molar-refractivity contribution in [2.45, 2.75) is 6.04 Å². The zero-order chi connectivity index (χ0) is 11.7. The van der Waals surface area contributed by atoms with Crippen molar-refractivity contribution >= 4 is 32.1 Å². The van der Waals surface area contributed by atoms with Gasteiger partial charge < -0.3 is 5.32 Å². The molecule has 0 aliphatic heterocycles. The van der Waals surface area contributed by atoms with Gasteiger partial charge in [0.15, 0.2) is 0 Å². The molecule has 1 N–H and O–H groups in total. The normalized spacial score (nSPS) is 13.0. The van der Waals surface area contributed by atoms with Crippen LogP contribution in [0, 0.1) is 0 Å². The molecule has 0 saturated heterocycles. The maximum Gasteiger partial charge on any atom is 0.0669 e. The number of hydrogen-bond acceptors (Lipinski definition) is 3. The molecular weight excluding hydrogens is 246 g/mol. The third-order valence-electron chi connectivity index (χ3n) is 2.86. The maximum atomic E-state index is 3.40. The topological polar surface area (TPSA) is 12.0 Å². The highest BCUT2D eigenvalue weighted by atomic mass is 32.1. The monoisotopic (exact) mass is 259 g/mol. The van der Waals surface area contributed by atoms with E-state index in [9.17, 15) is 0 Å². The highest BCUT2D eigenvalue weighted by Crippen LogP contribution is 2.35. The van der Waals surface area contributed by atoms with Crippen molar-refractivity contribution in [3.63, 3.8) is 0 Å². The summed E-state index contributed by atoms with van der Waals surface area (Å²) in [4.78, 5) is 1.39. The Kier molecular flexibility index (Phi) is 2.97. The van der Waals surface area contributed by atoms with Crippen LogP contribution in [-0.4, -0.2) is 7.05 Å². The van der Waals surface area contributed by atoms with Gasteiger partial charge in [-0.15, -0.1) is 22.7 Å². The van der Waals surface area contributed by atoms with Gasteiger partial charge in [-0.25, -0.2) is 0 Å². The first-order valence-electron chi connectivity index (χ1n) is 5.57. The fourth-order valence-electron chi connectivity index (χ4n) is 2.05. The zero-order valence-electron chi connectivity index (χ0n) is 9.51. The summed E-state index contributed by atoms with van der Waals surface area (Å²) in [6.07, 6.45) is 0. The Morgan fingerprint density at radius 3 is 2.59 bits per heavy atom. The van der Waals surface area contributed by atoms with Crippen molar-refractivity contribution in [1.82, 2.24) is 5.32 Å². The number of hydrogen-bond donors (Lipinski definition) is 1. The SMILES string of the molecule is CNC(c1ccccc1)c1cc2sccc2s1. The summed E-state index contributed by atoms with van der Waals surface area (Å²) in [5, 5.41) is 5.56. The molecule has 2 aromatic heterocycles. The summed E-state index contributed by atoms with van der Waals surface area (Å²) in [6.45, 7) is 0. The molecule has 2 heterocycles. The Balaban J connectivity index is 2.03. The van der Waals surface area contributed by atoms with E-state index in [2.05, 4.69) is 53.2 Å². The molecule has 3 heteroatoms. The molecule has 3 rings (SSSR count). The van der Waals surface area contributed by atoms with E-state index in [4.69, 9.17) is 0 Å². The minimum absolute atomic E-state index is 0.306. The molecule has 1 atom stereocenters. The Bertz CT molecular complexity index is 581. The van der Waals surface area contributed by atoms with Crippen LogP contribution in [0.15, 0.2) is 47.8 Å². The molecule has 0 aliphatic rings. The molecule has 1 nitrogen and oxygen atoms in total. The fraction of sp³-hybridized carbons (Fsp3) is 0.143. The molecule has 0 bridgehead atoms. The lowest BCUT2D eigenvalue weighted by Gasteiger charge is -2.14. The molecular formula is C14H13NS2. The first kappa shape index (κ1) is 11.0. The third-order valence-corrected chi connectivity index (χ3v) is 5.02. The van der Waals surface area contributed by atoms with Gasteiger partial charge in [-0.05, 0) is 30.1 Å². The van der Waals surface area contributed by atoms with Gasteiger partial charge in [0.05, 0.1) is 6.04 Å². The Labute approximate surface area is 109 Å². The predicted molar refractivity (Wildman–Crippen MR) is 77.0 cm³/mol. The van der Waals surface area contributed by atoms with Crippen molar-refractivity contribution in [3.8, 4) is 0 Å². The minimum Gasteiger partial charge on any atom is -0.309 e. The summed E-state index contributed by atoms with van der Waals surface area (Å²) in [6, 6.07) is 15.4. The van der Waals surface area contributed by atoms with Crippen LogP contribution in [0.5, 0.6) is 0 Å². The van der Waals surface area contributed by atoms with E-state index < -0.39 is 0 Å². The first-order valence-corrected chi connectivity index (χ1v) is 7.27. The second-order valence-corrected chi connectivity index (χ2v) is 5.99. The van der Waals surface area contributed by atoms with Crippen molar-refractivity contribution in [1.29, 1.82) is 0 Å². The highest BCUT2D eigenvalue weighted by Gasteiger charge is 2.14. The maximum absolute atomic E-state index is 3.40. The van der Waals surface area contributed by atoms with Crippen LogP contribution in [0.1, 0.15) is 16.5 Å². The molecule has 17 heavy (non-hydrogen) atoms. The lowest BCUT2D eigenvalue weighted by molar-refractivity contribution is 0.704. The quantitative estimate of drug-likeness (QED) is 0.740. The van der Waals surface area contributed by atoms with Gasteiger partial charge in [0.25, 0.3) is 0 Å². The second-order valence-electron chi connectivity index (χ2n) is 3.93. The molecule has 1 unspecified atom stereocenters. The lowest BCUT2D eigenvalue weighted by atomic mass is 10.1. The standard InChI is InChI=1S/C14H13NS2/c1-15-14(10-5-3-2-4-6-10)13-9-12-11(17-13)7-8-16-12/h2-9,14-15H,1H3. The van der Waals surface area contributed by atoms with Gasteiger partial charge in [0.2, 0.25) is 0 Å². The first-order chi connectivity index (χ1) is 8.38. The Morgan fingerprint density at radius 2 is 1.88 bits per heavy atom. The van der Waals surface area contributed by atoms with Crippen LogP contribution in [0.2, 0.25) is 0 Å². The van der Waals surface area contributed by atoms with Crippen LogP contribution in [0.3, 0.4) is 0 Å². The summed E-state index contributed by atoms with van der Waals surface area (Å²) in [5.41, 5.74) is 1.32. The van der Waals surface area contributed by atoms with E-state index in [1.54, 1.807) is 0 Å². The Morgan fingerprint density at radius 1 is 1.06 bits per heavy atom. The molecule has 0 spiro atoms. The molecule has 0 aliphatic carbocycles. The van der Waals surface area contributed by atoms with E-state index in [-0.39, 0.29) is 0 Å². The molecule has 0 radical (unpaired) electrons. The largest absolute Gasteiger partial charge is 0.309 e. The van der Waals surface area contributed by atoms with E-state index in [0.29, 0.717) is 6.04 Å². The molecule has 0 amide bonds. The Hall–Kier alpha value is -1.16. The summed E-state index contributed by atoms with van der Waals surface area (Å²) < 4.78 is 2.78. The highest BCUT2D eigenvalue weighted by molar-refractivity contribution is 7.27. The van der Waals surface area contributed by atoms with Crippen LogP contribution < -0.4 is 5.32 Å². The smallest absolute Gasteiger partial charge is 0.0669 e. The second kappa shape index (κ2) is 4.61. The summed E-state index contributed by atoms with van der Waals surface area (Å²) in [5.74, 6) is 0. The van der Waals surface area contributed by atoms with Crippen LogP contribution >= 0.6 is 22.7 Å². The van der Waals surface area contributed by atoms with Gasteiger partial charge >= 0.3 is 0 Å². The molecule has 0 fully saturated rings. The van der Waals surface area contributed by atoms with E-state index >= 15 is 0 Å². The average Bonchev–Trinajstić information content (AvgIpc) is 2.92. The number of rotatable bonds is 3. The van der Waals surface area contributed by atoms with Gasteiger partial charge in [-0.1, -0.05) is 30.3 Å². The summed E-state index contributed by atoms with van der Waals surface area (Å²) in [7, 11) is 2.02. The van der Waals surface area contributed by atoms with E-state index in [1.807, 2.05) is 29.7 Å². The molecule has 3 aromatic rings. The van der Waals surface area contributed by atoms with Gasteiger partial charge in [0, 0.05) is 14.3 Å². The van der Waals surface area contributed by atoms with Crippen molar-refractivity contribution in [2.75, 3.05) is 7.05 Å². The molecule has 0 saturated carbocycles. The minimum atomic E-state index is 0.306. The van der Waals surface area contributed by atoms with Gasteiger partial charge in [0.1, 0.15) is 0 Å². The van der Waals surface area contributed by atoms with Crippen LogP contribution in [0.25, 0.3) is 9.40 Å². The van der Waals surface area contributed by atoms with Gasteiger partial charge in [-0.2, -0.15) is 0 Å². The van der Waals surface area contributed by atoms with E-state index in [1.165, 1.54) is 19.8 Å². The zero-order valence-corrected chi connectivity index (χ0v) is 11.1. The molecule has 1 aromatic carbocycles. The predicted octanol–water partition coefficient (Wildman–Crippen LogP) is 4.27. The number of fused-ring (bicyclic) bond motifs is 1. The summed E-state index contributed by atoms with van der Waals surface area (Å²) >= 11 is 3.69. The van der Waals surface area contributed by atoms with Crippen molar-refractivity contribution in [3.05, 3.63) is 58.3 Å². The number of benzene rings is 1. The average molecular weight is 259 g/mol. The fourth-order valence-corrected chi connectivity index (χ4v) is 4.30.